The number of benzene rings is 1. The second kappa shape index (κ2) is 6.59. The standard InChI is InChI=1S/C17H22BrNO/c1-5-17(14-6-8-15(18)9-7-14)19-12(3)16-10-11(2)20-13(16)4/h6-10,12,17,19H,5H2,1-4H3. The molecule has 1 heterocycles. The van der Waals surface area contributed by atoms with Gasteiger partial charge in [0.25, 0.3) is 0 Å². The summed E-state index contributed by atoms with van der Waals surface area (Å²) in [5, 5.41) is 3.70. The first kappa shape index (κ1) is 15.3. The van der Waals surface area contributed by atoms with Crippen LogP contribution in [-0.2, 0) is 0 Å². The van der Waals surface area contributed by atoms with Crippen LogP contribution in [0.4, 0.5) is 0 Å². The van der Waals surface area contributed by atoms with Gasteiger partial charge in [-0.2, -0.15) is 0 Å². The van der Waals surface area contributed by atoms with Crippen molar-refractivity contribution in [1.29, 1.82) is 0 Å². The predicted molar refractivity (Wildman–Crippen MR) is 86.9 cm³/mol. The van der Waals surface area contributed by atoms with E-state index in [1.165, 1.54) is 11.1 Å². The van der Waals surface area contributed by atoms with Crippen LogP contribution in [0.25, 0.3) is 0 Å². The molecule has 0 fully saturated rings. The molecule has 3 heteroatoms. The van der Waals surface area contributed by atoms with E-state index in [0.29, 0.717) is 6.04 Å². The van der Waals surface area contributed by atoms with Gasteiger partial charge in [-0.1, -0.05) is 35.0 Å². The monoisotopic (exact) mass is 335 g/mol. The van der Waals surface area contributed by atoms with E-state index in [0.717, 1.165) is 22.4 Å². The minimum Gasteiger partial charge on any atom is -0.466 e. The summed E-state index contributed by atoms with van der Waals surface area (Å²) in [6.45, 7) is 8.43. The lowest BCUT2D eigenvalue weighted by Crippen LogP contribution is -2.24. The summed E-state index contributed by atoms with van der Waals surface area (Å²) in [5.41, 5.74) is 2.57. The molecule has 0 radical (unpaired) electrons. The first-order chi connectivity index (χ1) is 9.51. The van der Waals surface area contributed by atoms with Crippen molar-refractivity contribution < 1.29 is 4.42 Å². The topological polar surface area (TPSA) is 25.2 Å². The van der Waals surface area contributed by atoms with Crippen molar-refractivity contribution >= 4 is 15.9 Å². The van der Waals surface area contributed by atoms with Crippen molar-refractivity contribution in [3.05, 3.63) is 57.5 Å². The van der Waals surface area contributed by atoms with E-state index in [1.54, 1.807) is 0 Å². The number of aryl methyl sites for hydroxylation is 2. The summed E-state index contributed by atoms with van der Waals surface area (Å²) in [5.74, 6) is 1.98. The fraction of sp³-hybridized carbons (Fsp3) is 0.412. The van der Waals surface area contributed by atoms with Crippen LogP contribution < -0.4 is 5.32 Å². The van der Waals surface area contributed by atoms with Crippen molar-refractivity contribution in [1.82, 2.24) is 5.32 Å². The summed E-state index contributed by atoms with van der Waals surface area (Å²) in [6.07, 6.45) is 1.06. The van der Waals surface area contributed by atoms with Gasteiger partial charge >= 0.3 is 0 Å². The fourth-order valence-corrected chi connectivity index (χ4v) is 2.88. The Morgan fingerprint density at radius 3 is 2.35 bits per heavy atom. The van der Waals surface area contributed by atoms with Crippen molar-refractivity contribution in [2.24, 2.45) is 0 Å². The van der Waals surface area contributed by atoms with Gasteiger partial charge in [0.1, 0.15) is 11.5 Å². The Morgan fingerprint density at radius 2 is 1.85 bits per heavy atom. The summed E-state index contributed by atoms with van der Waals surface area (Å²) < 4.78 is 6.74. The van der Waals surface area contributed by atoms with Crippen LogP contribution in [0.15, 0.2) is 39.2 Å². The highest BCUT2D eigenvalue weighted by Crippen LogP contribution is 2.26. The number of nitrogens with one attached hydrogen (secondary N) is 1. The molecule has 2 aromatic rings. The maximum atomic E-state index is 5.63. The zero-order chi connectivity index (χ0) is 14.7. The Morgan fingerprint density at radius 1 is 1.20 bits per heavy atom. The van der Waals surface area contributed by atoms with Crippen LogP contribution in [0.1, 0.15) is 55.0 Å². The maximum absolute atomic E-state index is 5.63. The lowest BCUT2D eigenvalue weighted by atomic mass is 10.0. The lowest BCUT2D eigenvalue weighted by Gasteiger charge is -2.22. The fourth-order valence-electron chi connectivity index (χ4n) is 2.62. The quantitative estimate of drug-likeness (QED) is 0.784. The molecule has 20 heavy (non-hydrogen) atoms. The molecule has 2 rings (SSSR count). The van der Waals surface area contributed by atoms with Crippen LogP contribution in [0.2, 0.25) is 0 Å². The predicted octanol–water partition coefficient (Wildman–Crippen LogP) is 5.46. The minimum absolute atomic E-state index is 0.279. The largest absolute Gasteiger partial charge is 0.466 e. The van der Waals surface area contributed by atoms with Crippen LogP contribution in [0.5, 0.6) is 0 Å². The van der Waals surface area contributed by atoms with Gasteiger partial charge in [0.05, 0.1) is 0 Å². The van der Waals surface area contributed by atoms with Crippen molar-refractivity contribution in [3.63, 3.8) is 0 Å². The van der Waals surface area contributed by atoms with E-state index in [-0.39, 0.29) is 6.04 Å². The third-order valence-corrected chi connectivity index (χ3v) is 4.21. The van der Waals surface area contributed by atoms with Crippen LogP contribution in [0, 0.1) is 13.8 Å². The van der Waals surface area contributed by atoms with Gasteiger partial charge in [-0.05, 0) is 51.0 Å². The molecule has 0 aliphatic heterocycles. The highest BCUT2D eigenvalue weighted by atomic mass is 79.9. The van der Waals surface area contributed by atoms with E-state index in [4.69, 9.17) is 4.42 Å². The number of rotatable bonds is 5. The molecule has 0 bridgehead atoms. The van der Waals surface area contributed by atoms with Gasteiger partial charge < -0.3 is 9.73 Å². The van der Waals surface area contributed by atoms with Gasteiger partial charge in [-0.15, -0.1) is 0 Å². The van der Waals surface area contributed by atoms with E-state index in [9.17, 15) is 0 Å². The molecular formula is C17H22BrNO. The smallest absolute Gasteiger partial charge is 0.105 e. The molecule has 1 aromatic heterocycles. The Bertz CT molecular complexity index is 559. The summed E-state index contributed by atoms with van der Waals surface area (Å²) >= 11 is 3.48. The molecular weight excluding hydrogens is 314 g/mol. The number of hydrogen-bond donors (Lipinski definition) is 1. The molecule has 2 nitrogen and oxygen atoms in total. The lowest BCUT2D eigenvalue weighted by molar-refractivity contribution is 0.444. The molecule has 2 unspecified atom stereocenters. The number of furan rings is 1. The zero-order valence-electron chi connectivity index (χ0n) is 12.5. The Kier molecular flexibility index (Phi) is 5.06. The molecule has 0 aliphatic rings. The van der Waals surface area contributed by atoms with Crippen LogP contribution >= 0.6 is 15.9 Å². The average molecular weight is 336 g/mol. The summed E-state index contributed by atoms with van der Waals surface area (Å²) in [6, 6.07) is 11.3. The molecule has 108 valence electrons. The van der Waals surface area contributed by atoms with E-state index >= 15 is 0 Å². The van der Waals surface area contributed by atoms with Gasteiger partial charge in [0.2, 0.25) is 0 Å². The van der Waals surface area contributed by atoms with E-state index in [1.807, 2.05) is 13.8 Å². The van der Waals surface area contributed by atoms with Crippen molar-refractivity contribution in [2.75, 3.05) is 0 Å². The second-order valence-corrected chi connectivity index (χ2v) is 6.18. The Hall–Kier alpha value is -1.06. The molecule has 0 spiro atoms. The molecule has 2 atom stereocenters. The molecule has 1 N–H and O–H groups in total. The van der Waals surface area contributed by atoms with Gasteiger partial charge in [0, 0.05) is 22.1 Å². The molecule has 0 amide bonds. The van der Waals surface area contributed by atoms with E-state index in [2.05, 4.69) is 65.4 Å². The summed E-state index contributed by atoms with van der Waals surface area (Å²) in [7, 11) is 0. The number of halogens is 1. The molecule has 0 aliphatic carbocycles. The first-order valence-corrected chi connectivity index (χ1v) is 7.89. The normalized spacial score (nSPS) is 14.2. The highest BCUT2D eigenvalue weighted by molar-refractivity contribution is 9.10. The van der Waals surface area contributed by atoms with Gasteiger partial charge in [-0.3, -0.25) is 0 Å². The second-order valence-electron chi connectivity index (χ2n) is 5.27. The van der Waals surface area contributed by atoms with Crippen LogP contribution in [-0.4, -0.2) is 0 Å². The minimum atomic E-state index is 0.279. The highest BCUT2D eigenvalue weighted by Gasteiger charge is 2.17. The number of hydrogen-bond acceptors (Lipinski definition) is 2. The molecule has 0 saturated heterocycles. The first-order valence-electron chi connectivity index (χ1n) is 7.09. The van der Waals surface area contributed by atoms with Gasteiger partial charge in [0.15, 0.2) is 0 Å². The average Bonchev–Trinajstić information content (AvgIpc) is 2.76. The SMILES string of the molecule is CCC(NC(C)c1cc(C)oc1C)c1ccc(Br)cc1. The Labute approximate surface area is 129 Å². The third kappa shape index (κ3) is 3.53. The van der Waals surface area contributed by atoms with Crippen molar-refractivity contribution in [3.8, 4) is 0 Å². The molecule has 1 aromatic carbocycles. The molecule has 0 saturated carbocycles. The van der Waals surface area contributed by atoms with E-state index < -0.39 is 0 Å². The maximum Gasteiger partial charge on any atom is 0.105 e. The summed E-state index contributed by atoms with van der Waals surface area (Å²) in [4.78, 5) is 0. The Balaban J connectivity index is 2.13. The zero-order valence-corrected chi connectivity index (χ0v) is 14.1. The van der Waals surface area contributed by atoms with Crippen LogP contribution in [0.3, 0.4) is 0 Å². The van der Waals surface area contributed by atoms with Crippen molar-refractivity contribution in [2.45, 2.75) is 46.2 Å². The third-order valence-electron chi connectivity index (χ3n) is 3.68. The van der Waals surface area contributed by atoms with Gasteiger partial charge in [-0.25, -0.2) is 0 Å².